The van der Waals surface area contributed by atoms with E-state index < -0.39 is 6.10 Å². The first-order chi connectivity index (χ1) is 19.4. The van der Waals surface area contributed by atoms with E-state index in [1.807, 2.05) is 48.5 Å². The Bertz CT molecular complexity index is 1100. The summed E-state index contributed by atoms with van der Waals surface area (Å²) >= 11 is 0. The number of fused-ring (bicyclic) bond motifs is 1. The molecule has 0 saturated carbocycles. The summed E-state index contributed by atoms with van der Waals surface area (Å²) in [5, 5.41) is 3.05. The van der Waals surface area contributed by atoms with Gasteiger partial charge in [-0.15, -0.1) is 0 Å². The van der Waals surface area contributed by atoms with Crippen LogP contribution in [0, 0.1) is 5.92 Å². The van der Waals surface area contributed by atoms with E-state index >= 15 is 0 Å². The monoisotopic (exact) mass is 548 g/mol. The zero-order valence-electron chi connectivity index (χ0n) is 24.9. The first kappa shape index (κ1) is 31.5. The maximum Gasteiger partial charge on any atom is 0.264 e. The highest BCUT2D eigenvalue weighted by Gasteiger charge is 2.40. The molecule has 1 N–H and O–H groups in total. The Labute approximate surface area is 240 Å². The zero-order chi connectivity index (χ0) is 28.9. The summed E-state index contributed by atoms with van der Waals surface area (Å²) < 4.78 is 5.98. The fourth-order valence-corrected chi connectivity index (χ4v) is 5.54. The van der Waals surface area contributed by atoms with E-state index in [1.54, 1.807) is 4.90 Å². The summed E-state index contributed by atoms with van der Waals surface area (Å²) in [7, 11) is 0. The predicted molar refractivity (Wildman–Crippen MR) is 162 cm³/mol. The maximum absolute atomic E-state index is 13.7. The van der Waals surface area contributed by atoms with E-state index in [2.05, 4.69) is 33.0 Å². The number of nitrogens with zero attached hydrogens (tertiary/aromatic N) is 1. The average Bonchev–Trinajstić information content (AvgIpc) is 2.96. The Morgan fingerprint density at radius 3 is 2.38 bits per heavy atom. The lowest BCUT2D eigenvalue weighted by atomic mass is 9.87. The van der Waals surface area contributed by atoms with Gasteiger partial charge in [0.05, 0.1) is 12.3 Å². The van der Waals surface area contributed by atoms with Gasteiger partial charge in [-0.1, -0.05) is 84.1 Å². The minimum Gasteiger partial charge on any atom is -0.360 e. The van der Waals surface area contributed by atoms with Gasteiger partial charge in [-0.2, -0.15) is 0 Å². The molecule has 2 aromatic rings. The first-order valence-electron chi connectivity index (χ1n) is 15.4. The highest BCUT2D eigenvalue weighted by molar-refractivity contribution is 6.24. The van der Waals surface area contributed by atoms with Gasteiger partial charge in [0, 0.05) is 24.2 Å². The minimum atomic E-state index is -1.07. The van der Waals surface area contributed by atoms with Crippen molar-refractivity contribution in [3.05, 3.63) is 65.2 Å². The van der Waals surface area contributed by atoms with Gasteiger partial charge in [0.25, 0.3) is 11.8 Å². The van der Waals surface area contributed by atoms with Crippen LogP contribution in [0.25, 0.3) is 0 Å². The summed E-state index contributed by atoms with van der Waals surface area (Å²) in [6.07, 6.45) is 7.89. The number of unbranched alkanes of at least 4 members (excludes halogenated alkanes) is 3. The predicted octanol–water partition coefficient (Wildman–Crippen LogP) is 7.32. The molecule has 0 aliphatic carbocycles. The van der Waals surface area contributed by atoms with Crippen molar-refractivity contribution in [2.24, 2.45) is 5.92 Å². The van der Waals surface area contributed by atoms with Crippen molar-refractivity contribution < 1.29 is 19.1 Å². The van der Waals surface area contributed by atoms with Crippen molar-refractivity contribution in [3.63, 3.8) is 0 Å². The molecule has 0 saturated heterocycles. The molecule has 218 valence electrons. The van der Waals surface area contributed by atoms with Crippen LogP contribution in [0.2, 0.25) is 0 Å². The SMILES string of the molecule is CCCCCCN1C(=O)C(OCC(C)CCC)C(=O)c2ccc(C(CCC)CCNC(=O)c3ccccc3)cc21. The fraction of sp³-hybridized carbons (Fsp3) is 0.559. The molecule has 6 nitrogen and oxygen atoms in total. The van der Waals surface area contributed by atoms with Gasteiger partial charge in [-0.3, -0.25) is 14.4 Å². The van der Waals surface area contributed by atoms with Crippen molar-refractivity contribution in [1.29, 1.82) is 0 Å². The summed E-state index contributed by atoms with van der Waals surface area (Å²) in [6.45, 7) is 10.1. The number of carbonyl (C=O) groups excluding carboxylic acids is 3. The second-order valence-corrected chi connectivity index (χ2v) is 11.2. The zero-order valence-corrected chi connectivity index (χ0v) is 24.9. The van der Waals surface area contributed by atoms with Crippen molar-refractivity contribution in [2.45, 2.75) is 97.5 Å². The second-order valence-electron chi connectivity index (χ2n) is 11.2. The molecule has 2 amide bonds. The molecule has 1 aliphatic rings. The first-order valence-corrected chi connectivity index (χ1v) is 15.4. The van der Waals surface area contributed by atoms with Crippen LogP contribution in [0.1, 0.15) is 118 Å². The molecule has 0 radical (unpaired) electrons. The largest absolute Gasteiger partial charge is 0.360 e. The number of hydrogen-bond donors (Lipinski definition) is 1. The van der Waals surface area contributed by atoms with Crippen LogP contribution < -0.4 is 10.2 Å². The normalized spacial score (nSPS) is 16.5. The summed E-state index contributed by atoms with van der Waals surface area (Å²) in [4.78, 5) is 41.5. The number of ether oxygens (including phenoxy) is 1. The van der Waals surface area contributed by atoms with Crippen LogP contribution in [0.15, 0.2) is 48.5 Å². The Hall–Kier alpha value is -2.99. The highest BCUT2D eigenvalue weighted by atomic mass is 16.5. The number of rotatable bonds is 17. The maximum atomic E-state index is 13.7. The summed E-state index contributed by atoms with van der Waals surface area (Å²) in [5.74, 6) is -0.0405. The van der Waals surface area contributed by atoms with Crippen molar-refractivity contribution >= 4 is 23.3 Å². The molecule has 0 fully saturated rings. The van der Waals surface area contributed by atoms with E-state index in [1.165, 1.54) is 0 Å². The highest BCUT2D eigenvalue weighted by Crippen LogP contribution is 2.35. The summed E-state index contributed by atoms with van der Waals surface area (Å²) in [5.41, 5.74) is 3.03. The van der Waals surface area contributed by atoms with Crippen LogP contribution >= 0.6 is 0 Å². The third kappa shape index (κ3) is 8.50. The van der Waals surface area contributed by atoms with E-state index in [4.69, 9.17) is 4.74 Å². The van der Waals surface area contributed by atoms with E-state index in [-0.39, 0.29) is 23.5 Å². The van der Waals surface area contributed by atoms with Crippen LogP contribution in [0.3, 0.4) is 0 Å². The number of Topliss-reactive ketones (excluding diaryl/α,β-unsaturated/α-hetero) is 1. The number of benzene rings is 2. The molecule has 0 bridgehead atoms. The smallest absolute Gasteiger partial charge is 0.264 e. The number of nitrogens with one attached hydrogen (secondary N) is 1. The molecular weight excluding hydrogens is 500 g/mol. The van der Waals surface area contributed by atoms with Crippen LogP contribution in [-0.2, 0) is 9.53 Å². The molecule has 3 unspecified atom stereocenters. The van der Waals surface area contributed by atoms with Gasteiger partial charge in [-0.05, 0) is 67.3 Å². The Morgan fingerprint density at radius 1 is 0.925 bits per heavy atom. The topological polar surface area (TPSA) is 75.7 Å². The van der Waals surface area contributed by atoms with E-state index in [9.17, 15) is 14.4 Å². The number of amides is 2. The lowest BCUT2D eigenvalue weighted by Gasteiger charge is -2.34. The molecule has 3 atom stereocenters. The van der Waals surface area contributed by atoms with Crippen molar-refractivity contribution in [1.82, 2.24) is 5.32 Å². The lowest BCUT2D eigenvalue weighted by molar-refractivity contribution is -0.128. The third-order valence-corrected chi connectivity index (χ3v) is 7.79. The Kier molecular flexibility index (Phi) is 12.9. The Morgan fingerprint density at radius 2 is 1.68 bits per heavy atom. The van der Waals surface area contributed by atoms with Crippen LogP contribution in [0.4, 0.5) is 5.69 Å². The molecule has 6 heteroatoms. The number of hydrogen-bond acceptors (Lipinski definition) is 4. The molecule has 1 heterocycles. The molecule has 40 heavy (non-hydrogen) atoms. The van der Waals surface area contributed by atoms with Gasteiger partial charge >= 0.3 is 0 Å². The average molecular weight is 549 g/mol. The second kappa shape index (κ2) is 16.3. The number of anilines is 1. The minimum absolute atomic E-state index is 0.0740. The third-order valence-electron chi connectivity index (χ3n) is 7.79. The molecular formula is C34H48N2O4. The molecule has 0 spiro atoms. The number of carbonyl (C=O) groups is 3. The molecule has 0 aromatic heterocycles. The molecule has 1 aliphatic heterocycles. The van der Waals surface area contributed by atoms with Gasteiger partial charge in [0.2, 0.25) is 5.78 Å². The van der Waals surface area contributed by atoms with Crippen LogP contribution in [0.5, 0.6) is 0 Å². The Balaban J connectivity index is 1.80. The molecule has 3 rings (SSSR count). The standard InChI is InChI=1S/C34H48N2O4/c1-5-8-9-13-22-36-30-23-28(26(15-7-3)20-21-35-33(38)27-16-11-10-12-17-27)18-19-29(30)31(37)32(34(36)39)40-24-25(4)14-6-2/h10-12,16-19,23,25-26,32H,5-9,13-15,20-22,24H2,1-4H3,(H,35,38). The van der Waals surface area contributed by atoms with Gasteiger partial charge in [-0.25, -0.2) is 0 Å². The fourth-order valence-electron chi connectivity index (χ4n) is 5.54. The quantitative estimate of drug-likeness (QED) is 0.166. The lowest BCUT2D eigenvalue weighted by Crippen LogP contribution is -2.50. The van der Waals surface area contributed by atoms with Crippen molar-refractivity contribution in [2.75, 3.05) is 24.6 Å². The van der Waals surface area contributed by atoms with Gasteiger partial charge < -0.3 is 15.0 Å². The molecule has 2 aromatic carbocycles. The van der Waals surface area contributed by atoms with Crippen molar-refractivity contribution in [3.8, 4) is 0 Å². The summed E-state index contributed by atoms with van der Waals surface area (Å²) in [6, 6.07) is 15.2. The van der Waals surface area contributed by atoms with Gasteiger partial charge in [0.15, 0.2) is 6.10 Å². The van der Waals surface area contributed by atoms with Gasteiger partial charge in [0.1, 0.15) is 0 Å². The van der Waals surface area contributed by atoms with Crippen LogP contribution in [-0.4, -0.2) is 43.4 Å². The van der Waals surface area contributed by atoms with E-state index in [0.29, 0.717) is 42.4 Å². The van der Waals surface area contributed by atoms with E-state index in [0.717, 1.165) is 63.4 Å². The number of ketones is 1.